The van der Waals surface area contributed by atoms with E-state index < -0.39 is 17.8 Å². The van der Waals surface area contributed by atoms with Gasteiger partial charge in [-0.2, -0.15) is 5.10 Å². The predicted octanol–water partition coefficient (Wildman–Crippen LogP) is 4.72. The second-order valence-electron chi connectivity index (χ2n) is 6.28. The molecular formula is C21H17FN2O2. The van der Waals surface area contributed by atoms with Crippen LogP contribution in [0.2, 0.25) is 0 Å². The van der Waals surface area contributed by atoms with Crippen LogP contribution in [0.25, 0.3) is 0 Å². The molecule has 3 aromatic rings. The third kappa shape index (κ3) is 2.92. The van der Waals surface area contributed by atoms with Gasteiger partial charge in [0.1, 0.15) is 17.6 Å². The Balaban J connectivity index is 1.73. The zero-order valence-electron chi connectivity index (χ0n) is 14.2. The van der Waals surface area contributed by atoms with E-state index in [4.69, 9.17) is 4.42 Å². The first-order chi connectivity index (χ1) is 12.6. The number of halogens is 1. The molecule has 4 rings (SSSR count). The van der Waals surface area contributed by atoms with Crippen LogP contribution in [0.1, 0.15) is 39.7 Å². The number of hydrazone groups is 1. The Bertz CT molecular complexity index is 962. The number of hydrogen-bond acceptors (Lipinski definition) is 3. The van der Waals surface area contributed by atoms with E-state index in [0.717, 1.165) is 16.8 Å². The van der Waals surface area contributed by atoms with Gasteiger partial charge in [-0.15, -0.1) is 0 Å². The van der Waals surface area contributed by atoms with Crippen LogP contribution >= 0.6 is 0 Å². The third-order valence-corrected chi connectivity index (χ3v) is 4.48. The van der Waals surface area contributed by atoms with Crippen LogP contribution in [0.5, 0.6) is 0 Å². The van der Waals surface area contributed by atoms with Gasteiger partial charge in [-0.3, -0.25) is 4.79 Å². The van der Waals surface area contributed by atoms with Crippen LogP contribution in [-0.2, 0) is 0 Å². The molecule has 0 fully saturated rings. The molecule has 0 saturated carbocycles. The van der Waals surface area contributed by atoms with Gasteiger partial charge >= 0.3 is 0 Å². The number of hydrogen-bond donors (Lipinski definition) is 0. The lowest BCUT2D eigenvalue weighted by molar-refractivity contribution is 0.0688. The first kappa shape index (κ1) is 16.3. The van der Waals surface area contributed by atoms with E-state index in [1.165, 1.54) is 17.1 Å². The highest BCUT2D eigenvalue weighted by atomic mass is 19.1. The summed E-state index contributed by atoms with van der Waals surface area (Å²) in [5.41, 5.74) is 2.86. The van der Waals surface area contributed by atoms with E-state index in [9.17, 15) is 9.18 Å². The summed E-state index contributed by atoms with van der Waals surface area (Å²) in [6, 6.07) is 17.1. The average molecular weight is 348 g/mol. The SMILES string of the molecule is Cc1ccc(C2=NN(C(=O)c3ccccc3F)C(c3ccco3)C2)cc1. The van der Waals surface area contributed by atoms with Crippen molar-refractivity contribution < 1.29 is 13.6 Å². The van der Waals surface area contributed by atoms with Gasteiger partial charge in [0.2, 0.25) is 0 Å². The normalized spacial score (nSPS) is 16.6. The number of rotatable bonds is 3. The second-order valence-corrected chi connectivity index (χ2v) is 6.28. The summed E-state index contributed by atoms with van der Waals surface area (Å²) >= 11 is 0. The minimum Gasteiger partial charge on any atom is -0.467 e. The fourth-order valence-corrected chi connectivity index (χ4v) is 3.08. The predicted molar refractivity (Wildman–Crippen MR) is 96.4 cm³/mol. The molecule has 2 aromatic carbocycles. The molecule has 26 heavy (non-hydrogen) atoms. The highest BCUT2D eigenvalue weighted by Gasteiger charge is 2.36. The summed E-state index contributed by atoms with van der Waals surface area (Å²) in [7, 11) is 0. The van der Waals surface area contributed by atoms with Crippen LogP contribution in [0.3, 0.4) is 0 Å². The van der Waals surface area contributed by atoms with Crippen LogP contribution in [-0.4, -0.2) is 16.6 Å². The maximum absolute atomic E-state index is 14.1. The van der Waals surface area contributed by atoms with Crippen LogP contribution < -0.4 is 0 Å². The monoisotopic (exact) mass is 348 g/mol. The molecule has 0 N–H and O–H groups in total. The van der Waals surface area contributed by atoms with Gasteiger partial charge in [-0.25, -0.2) is 9.40 Å². The van der Waals surface area contributed by atoms with E-state index in [0.29, 0.717) is 12.2 Å². The molecule has 0 radical (unpaired) electrons. The number of amides is 1. The minimum atomic E-state index is -0.560. The molecule has 0 spiro atoms. The zero-order chi connectivity index (χ0) is 18.1. The van der Waals surface area contributed by atoms with Crippen molar-refractivity contribution in [3.63, 3.8) is 0 Å². The zero-order valence-corrected chi connectivity index (χ0v) is 14.2. The smallest absolute Gasteiger partial charge is 0.277 e. The fraction of sp³-hybridized carbons (Fsp3) is 0.143. The fourth-order valence-electron chi connectivity index (χ4n) is 3.08. The maximum atomic E-state index is 14.1. The van der Waals surface area contributed by atoms with Crippen molar-refractivity contribution in [2.75, 3.05) is 0 Å². The number of nitrogens with zero attached hydrogens (tertiary/aromatic N) is 2. The van der Waals surface area contributed by atoms with Crippen molar-refractivity contribution in [3.05, 3.63) is 95.2 Å². The van der Waals surface area contributed by atoms with Crippen molar-refractivity contribution in [1.29, 1.82) is 0 Å². The van der Waals surface area contributed by atoms with E-state index in [1.807, 2.05) is 31.2 Å². The summed E-state index contributed by atoms with van der Waals surface area (Å²) < 4.78 is 19.6. The van der Waals surface area contributed by atoms with Gasteiger partial charge in [0.15, 0.2) is 0 Å². The third-order valence-electron chi connectivity index (χ3n) is 4.48. The molecular weight excluding hydrogens is 331 g/mol. The summed E-state index contributed by atoms with van der Waals surface area (Å²) in [5.74, 6) is -0.415. The average Bonchev–Trinajstić information content (AvgIpc) is 3.32. The van der Waals surface area contributed by atoms with E-state index in [1.54, 1.807) is 30.5 Å². The maximum Gasteiger partial charge on any atom is 0.277 e. The van der Waals surface area contributed by atoms with E-state index in [-0.39, 0.29) is 5.56 Å². The summed E-state index contributed by atoms with van der Waals surface area (Å²) in [6.45, 7) is 2.01. The lowest BCUT2D eigenvalue weighted by atomic mass is 10.0. The van der Waals surface area contributed by atoms with Gasteiger partial charge < -0.3 is 4.42 Å². The highest BCUT2D eigenvalue weighted by molar-refractivity contribution is 6.05. The summed E-state index contributed by atoms with van der Waals surface area (Å²) in [4.78, 5) is 12.9. The van der Waals surface area contributed by atoms with Gasteiger partial charge in [0, 0.05) is 6.42 Å². The van der Waals surface area contributed by atoms with Crippen molar-refractivity contribution in [1.82, 2.24) is 5.01 Å². The van der Waals surface area contributed by atoms with Gasteiger partial charge in [-0.05, 0) is 36.8 Å². The Hall–Kier alpha value is -3.21. The number of benzene rings is 2. The van der Waals surface area contributed by atoms with Crippen molar-refractivity contribution >= 4 is 11.6 Å². The van der Waals surface area contributed by atoms with Gasteiger partial charge in [0.25, 0.3) is 5.91 Å². The van der Waals surface area contributed by atoms with Crippen LogP contribution in [0, 0.1) is 12.7 Å². The molecule has 1 unspecified atom stereocenters. The Morgan fingerprint density at radius 3 is 2.58 bits per heavy atom. The molecule has 1 aromatic heterocycles. The Morgan fingerprint density at radius 2 is 1.88 bits per heavy atom. The summed E-state index contributed by atoms with van der Waals surface area (Å²) in [6.07, 6.45) is 2.07. The van der Waals surface area contributed by atoms with Gasteiger partial charge in [-0.1, -0.05) is 42.0 Å². The Kier molecular flexibility index (Phi) is 4.13. The molecule has 1 aliphatic rings. The lowest BCUT2D eigenvalue weighted by Gasteiger charge is -2.20. The summed E-state index contributed by atoms with van der Waals surface area (Å²) in [5, 5.41) is 5.84. The first-order valence-corrected chi connectivity index (χ1v) is 8.39. The van der Waals surface area contributed by atoms with Crippen molar-refractivity contribution in [3.8, 4) is 0 Å². The number of carbonyl (C=O) groups excluding carboxylic acids is 1. The standard InChI is InChI=1S/C21H17FN2O2/c1-14-8-10-15(11-9-14)18-13-19(20-7-4-12-26-20)24(23-18)21(25)16-5-2-3-6-17(16)22/h2-12,19H,13H2,1H3. The molecule has 4 nitrogen and oxygen atoms in total. The molecule has 5 heteroatoms. The quantitative estimate of drug-likeness (QED) is 0.687. The topological polar surface area (TPSA) is 45.8 Å². The van der Waals surface area contributed by atoms with Crippen LogP contribution in [0.15, 0.2) is 76.4 Å². The largest absolute Gasteiger partial charge is 0.467 e. The molecule has 0 saturated heterocycles. The second kappa shape index (κ2) is 6.59. The Labute approximate surface area is 150 Å². The Morgan fingerprint density at radius 1 is 1.12 bits per heavy atom. The first-order valence-electron chi connectivity index (χ1n) is 8.39. The number of furan rings is 1. The van der Waals surface area contributed by atoms with Crippen molar-refractivity contribution in [2.24, 2.45) is 5.10 Å². The molecule has 1 amide bonds. The van der Waals surface area contributed by atoms with Crippen LogP contribution in [0.4, 0.5) is 4.39 Å². The minimum absolute atomic E-state index is 0.00189. The van der Waals surface area contributed by atoms with Gasteiger partial charge in [0.05, 0.1) is 17.5 Å². The number of aryl methyl sites for hydroxylation is 1. The molecule has 0 aliphatic carbocycles. The molecule has 1 aliphatic heterocycles. The van der Waals surface area contributed by atoms with E-state index >= 15 is 0 Å². The number of carbonyl (C=O) groups is 1. The van der Waals surface area contributed by atoms with Crippen molar-refractivity contribution in [2.45, 2.75) is 19.4 Å². The molecule has 130 valence electrons. The molecule has 1 atom stereocenters. The highest BCUT2D eigenvalue weighted by Crippen LogP contribution is 2.34. The van der Waals surface area contributed by atoms with E-state index in [2.05, 4.69) is 5.10 Å². The molecule has 2 heterocycles. The lowest BCUT2D eigenvalue weighted by Crippen LogP contribution is -2.27. The molecule has 0 bridgehead atoms.